The minimum atomic E-state index is -0.510. The van der Waals surface area contributed by atoms with Crippen LogP contribution in [0, 0.1) is 0 Å². The summed E-state index contributed by atoms with van der Waals surface area (Å²) in [6.45, 7) is 1.21. The highest BCUT2D eigenvalue weighted by Gasteiger charge is 1.87. The van der Waals surface area contributed by atoms with Gasteiger partial charge in [-0.15, -0.1) is 0 Å². The van der Waals surface area contributed by atoms with E-state index in [1.807, 2.05) is 22.6 Å². The summed E-state index contributed by atoms with van der Waals surface area (Å²) in [7, 11) is 0. The third-order valence-electron chi connectivity index (χ3n) is 0.609. The lowest BCUT2D eigenvalue weighted by molar-refractivity contribution is 0.614. The number of hydrogen-bond donors (Lipinski definition) is 0. The fourth-order valence-corrected chi connectivity index (χ4v) is 0.743. The molecule has 0 fully saturated rings. The Bertz CT molecular complexity index is 134. The van der Waals surface area contributed by atoms with Crippen LogP contribution in [0.3, 0.4) is 0 Å². The van der Waals surface area contributed by atoms with Gasteiger partial charge in [0.2, 0.25) is 0 Å². The molecule has 0 aliphatic heterocycles. The third-order valence-corrected chi connectivity index (χ3v) is 1.05. The van der Waals surface area contributed by atoms with Gasteiger partial charge in [-0.2, -0.15) is 0 Å². The monoisotopic (exact) mass is 244 g/mol. The number of alkyl halides is 1. The van der Waals surface area contributed by atoms with Crippen LogP contribution in [0.15, 0.2) is 23.8 Å². The zero-order chi connectivity index (χ0) is 7.28. The lowest BCUT2D eigenvalue weighted by Gasteiger charge is -1.83. The molecule has 0 amide bonds. The van der Waals surface area contributed by atoms with Gasteiger partial charge in [0.1, 0.15) is 5.83 Å². The maximum Gasteiger partial charge on any atom is 0.122 e. The normalized spacial score (nSPS) is 14.2. The van der Waals surface area contributed by atoms with Crippen molar-refractivity contribution in [2.24, 2.45) is 0 Å². The topological polar surface area (TPSA) is 0 Å². The van der Waals surface area contributed by atoms with Crippen molar-refractivity contribution in [3.05, 3.63) is 23.8 Å². The minimum Gasteiger partial charge on any atom is -0.212 e. The summed E-state index contributed by atoms with van der Waals surface area (Å²) in [4.78, 5) is 0. The Morgan fingerprint density at radius 3 is 2.44 bits per heavy atom. The molecule has 0 atom stereocenters. The molecule has 0 radical (unpaired) electrons. The van der Waals surface area contributed by atoms with Crippen molar-refractivity contribution >= 4 is 22.6 Å². The van der Waals surface area contributed by atoms with Crippen LogP contribution in [-0.4, -0.2) is 4.43 Å². The van der Waals surface area contributed by atoms with Crippen molar-refractivity contribution < 1.29 is 8.78 Å². The maximum atomic E-state index is 12.2. The van der Waals surface area contributed by atoms with Gasteiger partial charge in [0.15, 0.2) is 0 Å². The van der Waals surface area contributed by atoms with Crippen molar-refractivity contribution in [3.8, 4) is 0 Å². The van der Waals surface area contributed by atoms with E-state index in [0.717, 1.165) is 6.08 Å². The van der Waals surface area contributed by atoms with E-state index in [0.29, 0.717) is 4.43 Å². The lowest BCUT2D eigenvalue weighted by atomic mass is 10.4. The predicted molar refractivity (Wildman–Crippen MR) is 42.9 cm³/mol. The van der Waals surface area contributed by atoms with Gasteiger partial charge in [0.05, 0.1) is 5.83 Å². The summed E-state index contributed by atoms with van der Waals surface area (Å²) in [6, 6.07) is 0. The quantitative estimate of drug-likeness (QED) is 0.397. The van der Waals surface area contributed by atoms with Crippen LogP contribution in [0.1, 0.15) is 6.92 Å². The summed E-state index contributed by atoms with van der Waals surface area (Å²) in [5, 5.41) is 0. The number of allylic oxidation sites excluding steroid dienone is 4. The first kappa shape index (κ1) is 9.07. The maximum absolute atomic E-state index is 12.2. The molecule has 0 aromatic heterocycles. The Balaban J connectivity index is 3.90. The fraction of sp³-hybridized carbons (Fsp3) is 0.333. The molecular weight excluding hydrogens is 237 g/mol. The Morgan fingerprint density at radius 2 is 2.11 bits per heavy atom. The summed E-state index contributed by atoms with van der Waals surface area (Å²) in [5.41, 5.74) is 0. The highest BCUT2D eigenvalue weighted by atomic mass is 127. The largest absolute Gasteiger partial charge is 0.212 e. The van der Waals surface area contributed by atoms with Gasteiger partial charge >= 0.3 is 0 Å². The molecule has 0 aliphatic rings. The molecule has 0 nitrogen and oxygen atoms in total. The molecule has 0 rings (SSSR count). The first-order chi connectivity index (χ1) is 4.16. The van der Waals surface area contributed by atoms with Gasteiger partial charge in [0, 0.05) is 10.5 Å². The second kappa shape index (κ2) is 4.90. The molecule has 0 N–H and O–H groups in total. The van der Waals surface area contributed by atoms with E-state index < -0.39 is 11.7 Å². The molecule has 0 saturated carbocycles. The first-order valence-corrected chi connectivity index (χ1v) is 3.95. The zero-order valence-electron chi connectivity index (χ0n) is 5.00. The van der Waals surface area contributed by atoms with Crippen LogP contribution < -0.4 is 0 Å². The highest BCUT2D eigenvalue weighted by molar-refractivity contribution is 14.1. The average molecular weight is 244 g/mol. The minimum absolute atomic E-state index is 0.506. The SMILES string of the molecule is C/C(F)=C\C(F)=C/CI. The highest BCUT2D eigenvalue weighted by Crippen LogP contribution is 2.04. The van der Waals surface area contributed by atoms with Crippen LogP contribution in [0.5, 0.6) is 0 Å². The number of hydrogen-bond acceptors (Lipinski definition) is 0. The van der Waals surface area contributed by atoms with Crippen molar-refractivity contribution in [3.63, 3.8) is 0 Å². The summed E-state index contributed by atoms with van der Waals surface area (Å²) in [6.07, 6.45) is 2.17. The van der Waals surface area contributed by atoms with E-state index in [1.165, 1.54) is 13.0 Å². The lowest BCUT2D eigenvalue weighted by Crippen LogP contribution is -1.68. The second-order valence-electron chi connectivity index (χ2n) is 1.47. The van der Waals surface area contributed by atoms with Crippen LogP contribution >= 0.6 is 22.6 Å². The van der Waals surface area contributed by atoms with Crippen molar-refractivity contribution in [1.29, 1.82) is 0 Å². The molecule has 3 heteroatoms. The van der Waals surface area contributed by atoms with Crippen LogP contribution in [0.4, 0.5) is 8.78 Å². The van der Waals surface area contributed by atoms with E-state index in [2.05, 4.69) is 0 Å². The zero-order valence-corrected chi connectivity index (χ0v) is 7.15. The van der Waals surface area contributed by atoms with E-state index in [4.69, 9.17) is 0 Å². The Labute approximate surface area is 66.8 Å². The smallest absolute Gasteiger partial charge is 0.122 e. The van der Waals surface area contributed by atoms with Crippen molar-refractivity contribution in [2.75, 3.05) is 4.43 Å². The van der Waals surface area contributed by atoms with E-state index in [9.17, 15) is 8.78 Å². The van der Waals surface area contributed by atoms with Crippen molar-refractivity contribution in [1.82, 2.24) is 0 Å². The molecule has 52 valence electrons. The Hall–Kier alpha value is 0.0700. The molecule has 0 spiro atoms. The fourth-order valence-electron chi connectivity index (χ4n) is 0.323. The number of halogens is 3. The molecule has 9 heavy (non-hydrogen) atoms. The Kier molecular flexibility index (Phi) is 4.94. The van der Waals surface area contributed by atoms with E-state index in [-0.39, 0.29) is 0 Å². The summed E-state index contributed by atoms with van der Waals surface area (Å²) in [5.74, 6) is -1.02. The Morgan fingerprint density at radius 1 is 1.56 bits per heavy atom. The molecule has 0 unspecified atom stereocenters. The van der Waals surface area contributed by atoms with Crippen molar-refractivity contribution in [2.45, 2.75) is 6.92 Å². The van der Waals surface area contributed by atoms with Gasteiger partial charge in [-0.1, -0.05) is 22.6 Å². The third kappa shape index (κ3) is 5.95. The standard InChI is InChI=1S/C6H7F2I/c1-5(7)4-6(8)2-3-9/h2,4H,3H2,1H3/b5-4+,6-2+. The van der Waals surface area contributed by atoms with E-state index >= 15 is 0 Å². The predicted octanol–water partition coefficient (Wildman–Crippen LogP) is 3.15. The molecule has 0 aromatic carbocycles. The molecule has 0 saturated heterocycles. The molecule has 0 aliphatic carbocycles. The molecular formula is C6H7F2I. The summed E-state index contributed by atoms with van der Waals surface area (Å²) < 4.78 is 24.6. The summed E-state index contributed by atoms with van der Waals surface area (Å²) >= 11 is 1.98. The second-order valence-corrected chi connectivity index (χ2v) is 2.36. The van der Waals surface area contributed by atoms with Gasteiger partial charge in [-0.3, -0.25) is 0 Å². The average Bonchev–Trinajstić information content (AvgIpc) is 1.63. The molecule has 0 heterocycles. The van der Waals surface area contributed by atoms with Gasteiger partial charge in [-0.25, -0.2) is 8.78 Å². The van der Waals surface area contributed by atoms with Gasteiger partial charge in [-0.05, 0) is 13.0 Å². The first-order valence-electron chi connectivity index (χ1n) is 2.42. The van der Waals surface area contributed by atoms with E-state index in [1.54, 1.807) is 0 Å². The van der Waals surface area contributed by atoms with Crippen LogP contribution in [-0.2, 0) is 0 Å². The van der Waals surface area contributed by atoms with Crippen LogP contribution in [0.2, 0.25) is 0 Å². The van der Waals surface area contributed by atoms with Gasteiger partial charge in [0.25, 0.3) is 0 Å². The van der Waals surface area contributed by atoms with Crippen LogP contribution in [0.25, 0.3) is 0 Å². The van der Waals surface area contributed by atoms with Gasteiger partial charge < -0.3 is 0 Å². The molecule has 0 bridgehead atoms. The molecule has 0 aromatic rings. The number of rotatable bonds is 2.